The second-order valence-corrected chi connectivity index (χ2v) is 7.31. The van der Waals surface area contributed by atoms with Crippen LogP contribution in [0.25, 0.3) is 0 Å². The van der Waals surface area contributed by atoms with Crippen molar-refractivity contribution >= 4 is 29.7 Å². The molecule has 9 N–H and O–H groups in total. The molecule has 3 amide bonds. The zero-order valence-corrected chi connectivity index (χ0v) is 17.9. The molecule has 182 valence electrons. The summed E-state index contributed by atoms with van der Waals surface area (Å²) in [6.07, 6.45) is -2.00. The van der Waals surface area contributed by atoms with Crippen LogP contribution >= 0.6 is 0 Å². The van der Waals surface area contributed by atoms with Gasteiger partial charge in [0.1, 0.15) is 17.8 Å². The summed E-state index contributed by atoms with van der Waals surface area (Å²) in [6.45, 7) is 0.577. The van der Waals surface area contributed by atoms with Gasteiger partial charge in [-0.25, -0.2) is 4.79 Å². The summed E-state index contributed by atoms with van der Waals surface area (Å²) >= 11 is 0. The van der Waals surface area contributed by atoms with Crippen molar-refractivity contribution in [3.63, 3.8) is 0 Å². The Morgan fingerprint density at radius 2 is 1.61 bits per heavy atom. The van der Waals surface area contributed by atoms with Crippen molar-refractivity contribution in [2.45, 2.75) is 50.4 Å². The molecule has 1 aromatic carbocycles. The lowest BCUT2D eigenvalue weighted by molar-refractivity contribution is -0.142. The summed E-state index contributed by atoms with van der Waals surface area (Å²) in [6, 6.07) is 1.72. The average Bonchev–Trinajstić information content (AvgIpc) is 2.74. The molecule has 0 heterocycles. The van der Waals surface area contributed by atoms with Crippen molar-refractivity contribution in [3.8, 4) is 5.75 Å². The van der Waals surface area contributed by atoms with Crippen molar-refractivity contribution < 1.29 is 44.4 Å². The maximum atomic E-state index is 12.3. The Hall–Kier alpha value is -3.71. The number of carboxylic acids is 2. The van der Waals surface area contributed by atoms with Crippen molar-refractivity contribution in [2.24, 2.45) is 5.73 Å². The summed E-state index contributed by atoms with van der Waals surface area (Å²) in [5, 5.41) is 43.7. The molecule has 0 aliphatic carbocycles. The molecule has 13 heteroatoms. The van der Waals surface area contributed by atoms with Gasteiger partial charge in [0, 0.05) is 12.8 Å². The van der Waals surface area contributed by atoms with Gasteiger partial charge in [-0.2, -0.15) is 0 Å². The summed E-state index contributed by atoms with van der Waals surface area (Å²) in [5.41, 5.74) is 6.11. The number of hydrogen-bond donors (Lipinski definition) is 8. The van der Waals surface area contributed by atoms with Crippen LogP contribution in [-0.2, 0) is 30.4 Å². The van der Waals surface area contributed by atoms with Crippen LogP contribution in [0.4, 0.5) is 0 Å². The van der Waals surface area contributed by atoms with E-state index in [0.717, 1.165) is 0 Å². The van der Waals surface area contributed by atoms with Gasteiger partial charge in [-0.15, -0.1) is 0 Å². The van der Waals surface area contributed by atoms with E-state index in [1.807, 2.05) is 0 Å². The van der Waals surface area contributed by atoms with Crippen LogP contribution < -0.4 is 21.7 Å². The van der Waals surface area contributed by atoms with E-state index in [0.29, 0.717) is 5.56 Å². The third-order valence-corrected chi connectivity index (χ3v) is 4.50. The number of rotatable bonds is 13. The number of aliphatic hydroxyl groups is 1. The lowest BCUT2D eigenvalue weighted by atomic mass is 10.1. The van der Waals surface area contributed by atoms with Gasteiger partial charge in [0.2, 0.25) is 17.7 Å². The molecule has 4 atom stereocenters. The van der Waals surface area contributed by atoms with E-state index in [4.69, 9.17) is 10.8 Å². The number of carbonyl (C=O) groups excluding carboxylic acids is 3. The van der Waals surface area contributed by atoms with Crippen molar-refractivity contribution in [1.29, 1.82) is 0 Å². The lowest BCUT2D eigenvalue weighted by Gasteiger charge is -2.22. The van der Waals surface area contributed by atoms with Gasteiger partial charge in [-0.3, -0.25) is 19.2 Å². The quantitative estimate of drug-likeness (QED) is 0.154. The van der Waals surface area contributed by atoms with Crippen LogP contribution in [0.15, 0.2) is 24.3 Å². The third kappa shape index (κ3) is 9.97. The van der Waals surface area contributed by atoms with Crippen LogP contribution in [-0.4, -0.2) is 80.9 Å². The van der Waals surface area contributed by atoms with Crippen molar-refractivity contribution in [1.82, 2.24) is 16.0 Å². The zero-order chi connectivity index (χ0) is 25.1. The highest BCUT2D eigenvalue weighted by Gasteiger charge is 2.28. The fourth-order valence-corrected chi connectivity index (χ4v) is 2.67. The number of carbonyl (C=O) groups is 5. The average molecular weight is 468 g/mol. The first kappa shape index (κ1) is 27.3. The molecular formula is C20H28N4O9. The Kier molecular flexibility index (Phi) is 10.7. The second kappa shape index (κ2) is 13.0. The predicted molar refractivity (Wildman–Crippen MR) is 113 cm³/mol. The smallest absolute Gasteiger partial charge is 0.326 e. The minimum atomic E-state index is -1.48. The number of aliphatic hydroxyl groups excluding tert-OH is 1. The summed E-state index contributed by atoms with van der Waals surface area (Å²) in [4.78, 5) is 58.5. The summed E-state index contributed by atoms with van der Waals surface area (Å²) < 4.78 is 0. The van der Waals surface area contributed by atoms with E-state index < -0.39 is 60.4 Å². The van der Waals surface area contributed by atoms with Gasteiger partial charge < -0.3 is 42.1 Å². The van der Waals surface area contributed by atoms with Crippen LogP contribution in [0, 0.1) is 0 Å². The normalized spacial score (nSPS) is 14.3. The largest absolute Gasteiger partial charge is 0.508 e. The lowest BCUT2D eigenvalue weighted by Crippen LogP contribution is -2.57. The number of benzene rings is 1. The van der Waals surface area contributed by atoms with E-state index >= 15 is 0 Å². The first-order valence-electron chi connectivity index (χ1n) is 9.94. The van der Waals surface area contributed by atoms with E-state index in [1.165, 1.54) is 31.2 Å². The van der Waals surface area contributed by atoms with Crippen LogP contribution in [0.2, 0.25) is 0 Å². The molecule has 0 aliphatic heterocycles. The van der Waals surface area contributed by atoms with Gasteiger partial charge in [-0.1, -0.05) is 12.1 Å². The van der Waals surface area contributed by atoms with Crippen LogP contribution in [0.3, 0.4) is 0 Å². The molecule has 0 saturated heterocycles. The number of amides is 3. The zero-order valence-electron chi connectivity index (χ0n) is 17.9. The minimum absolute atomic E-state index is 0.0000262. The van der Waals surface area contributed by atoms with E-state index in [1.54, 1.807) is 0 Å². The highest BCUT2D eigenvalue weighted by atomic mass is 16.4. The molecule has 0 aliphatic rings. The van der Waals surface area contributed by atoms with Gasteiger partial charge in [-0.05, 0) is 31.0 Å². The Balaban J connectivity index is 2.63. The van der Waals surface area contributed by atoms with Gasteiger partial charge in [0.05, 0.1) is 18.7 Å². The fraction of sp³-hybridized carbons (Fsp3) is 0.450. The molecule has 0 bridgehead atoms. The molecule has 0 spiro atoms. The molecule has 1 aromatic rings. The highest BCUT2D eigenvalue weighted by Crippen LogP contribution is 2.11. The number of phenolic OH excluding ortho intramolecular Hbond substituents is 1. The topological polar surface area (TPSA) is 228 Å². The minimum Gasteiger partial charge on any atom is -0.508 e. The third-order valence-electron chi connectivity index (χ3n) is 4.50. The first-order chi connectivity index (χ1) is 15.4. The molecular weight excluding hydrogens is 440 g/mol. The van der Waals surface area contributed by atoms with Gasteiger partial charge in [0.25, 0.3) is 0 Å². The maximum Gasteiger partial charge on any atom is 0.326 e. The van der Waals surface area contributed by atoms with Gasteiger partial charge >= 0.3 is 11.9 Å². The predicted octanol–water partition coefficient (Wildman–Crippen LogP) is -2.32. The summed E-state index contributed by atoms with van der Waals surface area (Å²) in [5.74, 6) is -5.08. The van der Waals surface area contributed by atoms with Crippen LogP contribution in [0.5, 0.6) is 5.75 Å². The van der Waals surface area contributed by atoms with Gasteiger partial charge in [0.15, 0.2) is 0 Å². The molecule has 1 rings (SSSR count). The molecule has 0 fully saturated rings. The standard InChI is InChI=1S/C20H28N4O9/c1-10(25)17(24-18(30)13(21)6-7-16(28)29)19(31)22-9-15(27)23-14(20(32)33)8-11-2-4-12(26)5-3-11/h2-5,10,13-14,17,25-26H,6-9,21H2,1H3,(H,22,31)(H,23,27)(H,24,30)(H,28,29)(H,32,33). The first-order valence-corrected chi connectivity index (χ1v) is 9.94. The molecule has 13 nitrogen and oxygen atoms in total. The number of aromatic hydroxyl groups is 1. The molecule has 33 heavy (non-hydrogen) atoms. The van der Waals surface area contributed by atoms with E-state index in [9.17, 15) is 39.3 Å². The number of aliphatic carboxylic acids is 2. The number of phenols is 1. The molecule has 4 unspecified atom stereocenters. The highest BCUT2D eigenvalue weighted by molar-refractivity contribution is 5.93. The number of carboxylic acid groups (broad SMARTS) is 2. The Morgan fingerprint density at radius 3 is 2.12 bits per heavy atom. The Morgan fingerprint density at radius 1 is 1.00 bits per heavy atom. The molecule has 0 saturated carbocycles. The number of nitrogens with two attached hydrogens (primary N) is 1. The summed E-state index contributed by atoms with van der Waals surface area (Å²) in [7, 11) is 0. The second-order valence-electron chi connectivity index (χ2n) is 7.31. The van der Waals surface area contributed by atoms with Crippen molar-refractivity contribution in [3.05, 3.63) is 29.8 Å². The SMILES string of the molecule is CC(O)C(NC(=O)C(N)CCC(=O)O)C(=O)NCC(=O)NC(Cc1ccc(O)cc1)C(=O)O. The van der Waals surface area contributed by atoms with Crippen LogP contribution in [0.1, 0.15) is 25.3 Å². The Bertz CT molecular complexity index is 858. The molecule has 0 aromatic heterocycles. The molecule has 0 radical (unpaired) electrons. The number of hydrogen-bond acceptors (Lipinski definition) is 8. The van der Waals surface area contributed by atoms with E-state index in [-0.39, 0.29) is 25.0 Å². The Labute approximate surface area is 189 Å². The van der Waals surface area contributed by atoms with Crippen molar-refractivity contribution in [2.75, 3.05) is 6.54 Å². The maximum absolute atomic E-state index is 12.3. The monoisotopic (exact) mass is 468 g/mol. The number of nitrogens with one attached hydrogen (secondary N) is 3. The van der Waals surface area contributed by atoms with E-state index in [2.05, 4.69) is 16.0 Å². The fourth-order valence-electron chi connectivity index (χ4n) is 2.67.